The molecular weight excluding hydrogens is 431 g/mol. The van der Waals surface area contributed by atoms with Gasteiger partial charge in [-0.1, -0.05) is 28.1 Å². The molecule has 2 aromatic carbocycles. The van der Waals surface area contributed by atoms with E-state index in [1.165, 1.54) is 18.4 Å². The first-order chi connectivity index (χ1) is 13.5. The maximum atomic E-state index is 13.8. The summed E-state index contributed by atoms with van der Waals surface area (Å²) < 4.78 is 24.7. The number of furan rings is 1. The van der Waals surface area contributed by atoms with Crippen molar-refractivity contribution < 1.29 is 23.1 Å². The van der Waals surface area contributed by atoms with Crippen molar-refractivity contribution in [2.24, 2.45) is 0 Å². The molecule has 0 aliphatic rings. The SMILES string of the molecule is O=C(COc1ccc(Br)cc1F)Nc1ccccc1C(=O)NCc1ccco1. The second-order valence-electron chi connectivity index (χ2n) is 5.72. The molecule has 0 aliphatic carbocycles. The lowest BCUT2D eigenvalue weighted by Gasteiger charge is -2.12. The zero-order chi connectivity index (χ0) is 19.9. The zero-order valence-electron chi connectivity index (χ0n) is 14.6. The number of carbonyl (C=O) groups excluding carboxylic acids is 2. The highest BCUT2D eigenvalue weighted by Crippen LogP contribution is 2.21. The number of carbonyl (C=O) groups is 2. The average molecular weight is 447 g/mol. The van der Waals surface area contributed by atoms with Crippen molar-refractivity contribution >= 4 is 33.4 Å². The van der Waals surface area contributed by atoms with Crippen molar-refractivity contribution in [3.8, 4) is 5.75 Å². The van der Waals surface area contributed by atoms with E-state index in [9.17, 15) is 14.0 Å². The van der Waals surface area contributed by atoms with Gasteiger partial charge in [0.25, 0.3) is 11.8 Å². The van der Waals surface area contributed by atoms with Gasteiger partial charge in [-0.15, -0.1) is 0 Å². The Bertz CT molecular complexity index is 976. The quantitative estimate of drug-likeness (QED) is 0.571. The number of hydrogen-bond acceptors (Lipinski definition) is 4. The second kappa shape index (κ2) is 9.18. The molecule has 0 radical (unpaired) electrons. The van der Waals surface area contributed by atoms with E-state index in [-0.39, 0.29) is 23.8 Å². The summed E-state index contributed by atoms with van der Waals surface area (Å²) in [5, 5.41) is 5.32. The van der Waals surface area contributed by atoms with E-state index in [0.29, 0.717) is 15.9 Å². The fourth-order valence-electron chi connectivity index (χ4n) is 2.39. The normalized spacial score (nSPS) is 10.4. The van der Waals surface area contributed by atoms with Crippen LogP contribution >= 0.6 is 15.9 Å². The molecule has 0 aliphatic heterocycles. The van der Waals surface area contributed by atoms with Crippen molar-refractivity contribution in [2.45, 2.75) is 6.54 Å². The van der Waals surface area contributed by atoms with Crippen molar-refractivity contribution in [2.75, 3.05) is 11.9 Å². The Balaban J connectivity index is 1.60. The highest BCUT2D eigenvalue weighted by atomic mass is 79.9. The van der Waals surface area contributed by atoms with Gasteiger partial charge in [0.2, 0.25) is 0 Å². The van der Waals surface area contributed by atoms with Gasteiger partial charge in [0.15, 0.2) is 18.2 Å². The molecule has 1 aromatic heterocycles. The number of benzene rings is 2. The third-order valence-corrected chi connectivity index (χ3v) is 4.20. The van der Waals surface area contributed by atoms with Crippen LogP contribution in [0.2, 0.25) is 0 Å². The van der Waals surface area contributed by atoms with Gasteiger partial charge in [0.1, 0.15) is 5.76 Å². The van der Waals surface area contributed by atoms with E-state index in [1.54, 1.807) is 42.5 Å². The topological polar surface area (TPSA) is 80.6 Å². The van der Waals surface area contributed by atoms with Crippen molar-refractivity contribution in [1.29, 1.82) is 0 Å². The minimum absolute atomic E-state index is 0.0390. The summed E-state index contributed by atoms with van der Waals surface area (Å²) in [5.74, 6) is -0.900. The highest BCUT2D eigenvalue weighted by molar-refractivity contribution is 9.10. The van der Waals surface area contributed by atoms with Crippen molar-refractivity contribution in [1.82, 2.24) is 5.32 Å². The molecule has 0 spiro atoms. The molecule has 3 rings (SSSR count). The molecule has 0 unspecified atom stereocenters. The Morgan fingerprint density at radius 2 is 1.93 bits per heavy atom. The molecule has 8 heteroatoms. The number of halogens is 2. The van der Waals surface area contributed by atoms with Crippen LogP contribution in [0, 0.1) is 5.82 Å². The molecule has 2 amide bonds. The Hall–Kier alpha value is -3.13. The van der Waals surface area contributed by atoms with Crippen LogP contribution in [0.1, 0.15) is 16.1 Å². The molecule has 0 saturated carbocycles. The van der Waals surface area contributed by atoms with Crippen LogP contribution in [-0.4, -0.2) is 18.4 Å². The molecule has 2 N–H and O–H groups in total. The van der Waals surface area contributed by atoms with Crippen LogP contribution in [0.4, 0.5) is 10.1 Å². The summed E-state index contributed by atoms with van der Waals surface area (Å²) in [6.45, 7) is -0.180. The van der Waals surface area contributed by atoms with Crippen LogP contribution < -0.4 is 15.4 Å². The van der Waals surface area contributed by atoms with Gasteiger partial charge >= 0.3 is 0 Å². The Labute approximate surface area is 168 Å². The number of anilines is 1. The molecule has 1 heterocycles. The van der Waals surface area contributed by atoms with Gasteiger partial charge in [0, 0.05) is 4.47 Å². The summed E-state index contributed by atoms with van der Waals surface area (Å²) in [7, 11) is 0. The lowest BCUT2D eigenvalue weighted by Crippen LogP contribution is -2.26. The number of hydrogen-bond donors (Lipinski definition) is 2. The zero-order valence-corrected chi connectivity index (χ0v) is 16.2. The predicted octanol–water partition coefficient (Wildman–Crippen LogP) is 4.13. The predicted molar refractivity (Wildman–Crippen MR) is 105 cm³/mol. The van der Waals surface area contributed by atoms with Crippen LogP contribution in [0.3, 0.4) is 0 Å². The molecule has 0 atom stereocenters. The summed E-state index contributed by atoms with van der Waals surface area (Å²) in [6.07, 6.45) is 1.52. The van der Waals surface area contributed by atoms with Crippen LogP contribution in [-0.2, 0) is 11.3 Å². The number of amides is 2. The summed E-state index contributed by atoms with van der Waals surface area (Å²) in [4.78, 5) is 24.6. The molecular formula is C20H16BrFN2O4. The Kier molecular flexibility index (Phi) is 6.44. The van der Waals surface area contributed by atoms with Gasteiger partial charge in [0.05, 0.1) is 24.1 Å². The maximum absolute atomic E-state index is 13.8. The summed E-state index contributed by atoms with van der Waals surface area (Å²) in [5.41, 5.74) is 0.613. The van der Waals surface area contributed by atoms with Gasteiger partial charge < -0.3 is 19.8 Å². The van der Waals surface area contributed by atoms with Gasteiger partial charge in [-0.2, -0.15) is 0 Å². The summed E-state index contributed by atoms with van der Waals surface area (Å²) in [6, 6.07) is 14.3. The average Bonchev–Trinajstić information content (AvgIpc) is 3.19. The Morgan fingerprint density at radius 1 is 1.11 bits per heavy atom. The van der Waals surface area contributed by atoms with Gasteiger partial charge in [-0.25, -0.2) is 4.39 Å². The van der Waals surface area contributed by atoms with E-state index < -0.39 is 18.3 Å². The molecule has 0 fully saturated rings. The third kappa shape index (κ3) is 5.20. The minimum Gasteiger partial charge on any atom is -0.481 e. The molecule has 0 bridgehead atoms. The molecule has 28 heavy (non-hydrogen) atoms. The number of rotatable bonds is 7. The van der Waals surface area contributed by atoms with Crippen LogP contribution in [0.15, 0.2) is 69.8 Å². The van der Waals surface area contributed by atoms with E-state index >= 15 is 0 Å². The van der Waals surface area contributed by atoms with Crippen molar-refractivity contribution in [3.63, 3.8) is 0 Å². The number of nitrogens with one attached hydrogen (secondary N) is 2. The maximum Gasteiger partial charge on any atom is 0.262 e. The number of ether oxygens (including phenoxy) is 1. The molecule has 6 nitrogen and oxygen atoms in total. The third-order valence-electron chi connectivity index (χ3n) is 3.70. The fraction of sp³-hybridized carbons (Fsp3) is 0.100. The lowest BCUT2D eigenvalue weighted by atomic mass is 10.1. The number of para-hydroxylation sites is 1. The first-order valence-electron chi connectivity index (χ1n) is 8.30. The first kappa shape index (κ1) is 19.6. The molecule has 144 valence electrons. The largest absolute Gasteiger partial charge is 0.481 e. The smallest absolute Gasteiger partial charge is 0.262 e. The minimum atomic E-state index is -0.583. The fourth-order valence-corrected chi connectivity index (χ4v) is 2.72. The Morgan fingerprint density at radius 3 is 2.68 bits per heavy atom. The van der Waals surface area contributed by atoms with Gasteiger partial charge in [-0.3, -0.25) is 9.59 Å². The van der Waals surface area contributed by atoms with Crippen molar-refractivity contribution in [3.05, 3.63) is 82.5 Å². The standard InChI is InChI=1S/C20H16BrFN2O4/c21-13-7-8-18(16(22)10-13)28-12-19(25)24-17-6-2-1-5-15(17)20(26)23-11-14-4-3-9-27-14/h1-10H,11-12H2,(H,23,26)(H,24,25). The second-order valence-corrected chi connectivity index (χ2v) is 6.63. The van der Waals surface area contributed by atoms with Gasteiger partial charge in [-0.05, 0) is 42.5 Å². The monoisotopic (exact) mass is 446 g/mol. The lowest BCUT2D eigenvalue weighted by molar-refractivity contribution is -0.118. The first-order valence-corrected chi connectivity index (χ1v) is 9.09. The van der Waals surface area contributed by atoms with E-state index in [4.69, 9.17) is 9.15 Å². The highest BCUT2D eigenvalue weighted by Gasteiger charge is 2.14. The van der Waals surface area contributed by atoms with E-state index in [0.717, 1.165) is 0 Å². The van der Waals surface area contributed by atoms with E-state index in [1.807, 2.05) is 0 Å². The summed E-state index contributed by atoms with van der Waals surface area (Å²) >= 11 is 3.15. The molecule has 3 aromatic rings. The van der Waals surface area contributed by atoms with Crippen LogP contribution in [0.5, 0.6) is 5.75 Å². The van der Waals surface area contributed by atoms with Crippen LogP contribution in [0.25, 0.3) is 0 Å². The molecule has 0 saturated heterocycles. The van der Waals surface area contributed by atoms with E-state index in [2.05, 4.69) is 26.6 Å².